The van der Waals surface area contributed by atoms with Crippen LogP contribution in [0.2, 0.25) is 0 Å². The van der Waals surface area contributed by atoms with Crippen molar-refractivity contribution in [1.29, 1.82) is 0 Å². The molecule has 140 valence electrons. The average molecular weight is 369 g/mol. The largest absolute Gasteiger partial charge is 0.496 e. The predicted octanol–water partition coefficient (Wildman–Crippen LogP) is 3.69. The topological polar surface area (TPSA) is 77.2 Å². The van der Waals surface area contributed by atoms with Gasteiger partial charge in [-0.3, -0.25) is 4.79 Å². The molecule has 1 amide bonds. The predicted molar refractivity (Wildman–Crippen MR) is 97.6 cm³/mol. The first-order valence-electron chi connectivity index (χ1n) is 8.57. The number of halogens is 1. The van der Waals surface area contributed by atoms with E-state index in [0.717, 1.165) is 11.3 Å². The highest BCUT2D eigenvalue weighted by Gasteiger charge is 2.17. The highest BCUT2D eigenvalue weighted by atomic mass is 19.1. The molecule has 0 aliphatic heterocycles. The molecule has 6 nitrogen and oxygen atoms in total. The van der Waals surface area contributed by atoms with Crippen LogP contribution < -0.4 is 10.1 Å². The zero-order chi connectivity index (χ0) is 19.2. The fourth-order valence-electron chi connectivity index (χ4n) is 2.66. The minimum Gasteiger partial charge on any atom is -0.496 e. The number of ether oxygens (including phenoxy) is 1. The molecule has 0 fully saturated rings. The Morgan fingerprint density at radius 3 is 2.70 bits per heavy atom. The molecule has 1 N–H and O–H groups in total. The molecule has 27 heavy (non-hydrogen) atoms. The van der Waals surface area contributed by atoms with E-state index in [1.165, 1.54) is 12.1 Å². The Hall–Kier alpha value is -3.22. The van der Waals surface area contributed by atoms with Gasteiger partial charge in [-0.1, -0.05) is 23.4 Å². The summed E-state index contributed by atoms with van der Waals surface area (Å²) in [6, 6.07) is 13.0. The number of hydrogen-bond acceptors (Lipinski definition) is 5. The first kappa shape index (κ1) is 18.6. The number of aryl methyl sites for hydroxylation is 1. The number of amides is 1. The quantitative estimate of drug-likeness (QED) is 0.687. The van der Waals surface area contributed by atoms with E-state index in [4.69, 9.17) is 9.26 Å². The van der Waals surface area contributed by atoms with Gasteiger partial charge in [0.15, 0.2) is 0 Å². The summed E-state index contributed by atoms with van der Waals surface area (Å²) in [5.74, 6) is 0.937. The first-order chi connectivity index (χ1) is 13.1. The van der Waals surface area contributed by atoms with Gasteiger partial charge in [-0.05, 0) is 49.2 Å². The number of carbonyl (C=O) groups is 1. The van der Waals surface area contributed by atoms with Crippen LogP contribution in [0.5, 0.6) is 5.75 Å². The lowest BCUT2D eigenvalue weighted by atomic mass is 10.1. The molecule has 0 aliphatic carbocycles. The van der Waals surface area contributed by atoms with E-state index in [2.05, 4.69) is 15.5 Å². The molecule has 3 rings (SSSR count). The van der Waals surface area contributed by atoms with Crippen LogP contribution in [0.25, 0.3) is 11.4 Å². The Morgan fingerprint density at radius 1 is 1.22 bits per heavy atom. The van der Waals surface area contributed by atoms with Gasteiger partial charge in [0.05, 0.1) is 7.11 Å². The van der Waals surface area contributed by atoms with Gasteiger partial charge >= 0.3 is 0 Å². The Bertz CT molecular complexity index is 909. The van der Waals surface area contributed by atoms with E-state index < -0.39 is 6.04 Å². The van der Waals surface area contributed by atoms with Crippen molar-refractivity contribution in [2.24, 2.45) is 0 Å². The highest BCUT2D eigenvalue weighted by molar-refractivity contribution is 5.76. The SMILES string of the molecule is COc1ccccc1CCC(=O)NC(C)c1nc(-c2ccc(F)cc2)no1. The Labute approximate surface area is 156 Å². The van der Waals surface area contributed by atoms with Crippen molar-refractivity contribution in [3.05, 3.63) is 65.8 Å². The summed E-state index contributed by atoms with van der Waals surface area (Å²) in [5, 5.41) is 6.73. The van der Waals surface area contributed by atoms with E-state index >= 15 is 0 Å². The van der Waals surface area contributed by atoms with E-state index in [9.17, 15) is 9.18 Å². The number of aromatic nitrogens is 2. The standard InChI is InChI=1S/C20H20FN3O3/c1-13(20-23-19(24-27-20)15-7-10-16(21)11-8-15)22-18(25)12-9-14-5-3-4-6-17(14)26-2/h3-8,10-11,13H,9,12H2,1-2H3,(H,22,25). The smallest absolute Gasteiger partial charge is 0.249 e. The molecule has 1 atom stereocenters. The third kappa shape index (κ3) is 4.69. The van der Waals surface area contributed by atoms with Crippen molar-refractivity contribution in [2.75, 3.05) is 7.11 Å². The monoisotopic (exact) mass is 369 g/mol. The second kappa shape index (κ2) is 8.44. The maximum absolute atomic E-state index is 13.0. The number of nitrogens with one attached hydrogen (secondary N) is 1. The lowest BCUT2D eigenvalue weighted by Gasteiger charge is -2.11. The molecule has 0 aliphatic rings. The number of carbonyl (C=O) groups excluding carboxylic acids is 1. The molecule has 1 aromatic heterocycles. The number of para-hydroxylation sites is 1. The van der Waals surface area contributed by atoms with Crippen LogP contribution in [0.1, 0.15) is 30.8 Å². The minimum absolute atomic E-state index is 0.130. The Balaban J connectivity index is 1.57. The van der Waals surface area contributed by atoms with E-state index in [-0.39, 0.29) is 11.7 Å². The third-order valence-electron chi connectivity index (χ3n) is 4.11. The highest BCUT2D eigenvalue weighted by Crippen LogP contribution is 2.20. The lowest BCUT2D eigenvalue weighted by Crippen LogP contribution is -2.27. The van der Waals surface area contributed by atoms with Gasteiger partial charge in [0.25, 0.3) is 0 Å². The summed E-state index contributed by atoms with van der Waals surface area (Å²) in [6.07, 6.45) is 0.872. The first-order valence-corrected chi connectivity index (χ1v) is 8.57. The van der Waals surface area contributed by atoms with Crippen molar-refractivity contribution in [2.45, 2.75) is 25.8 Å². The van der Waals surface area contributed by atoms with Crippen LogP contribution in [-0.2, 0) is 11.2 Å². The second-order valence-corrected chi connectivity index (χ2v) is 6.06. The lowest BCUT2D eigenvalue weighted by molar-refractivity contribution is -0.121. The van der Waals surface area contributed by atoms with Crippen LogP contribution in [0.3, 0.4) is 0 Å². The van der Waals surface area contributed by atoms with Gasteiger partial charge in [-0.2, -0.15) is 4.98 Å². The molecule has 1 heterocycles. The Kier molecular flexibility index (Phi) is 5.80. The maximum Gasteiger partial charge on any atom is 0.249 e. The molecule has 0 saturated heterocycles. The summed E-state index contributed by atoms with van der Waals surface area (Å²) in [5.41, 5.74) is 1.61. The molecular weight excluding hydrogens is 349 g/mol. The number of rotatable bonds is 7. The number of methoxy groups -OCH3 is 1. The molecule has 0 bridgehead atoms. The Morgan fingerprint density at radius 2 is 1.96 bits per heavy atom. The van der Waals surface area contributed by atoms with Crippen molar-refractivity contribution >= 4 is 5.91 Å². The van der Waals surface area contributed by atoms with Gasteiger partial charge in [-0.15, -0.1) is 0 Å². The molecule has 2 aromatic carbocycles. The average Bonchev–Trinajstić information content (AvgIpc) is 3.17. The third-order valence-corrected chi connectivity index (χ3v) is 4.11. The van der Waals surface area contributed by atoms with Gasteiger partial charge < -0.3 is 14.6 Å². The van der Waals surface area contributed by atoms with Crippen LogP contribution in [-0.4, -0.2) is 23.2 Å². The number of nitrogens with zero attached hydrogens (tertiary/aromatic N) is 2. The summed E-state index contributed by atoms with van der Waals surface area (Å²) >= 11 is 0. The minimum atomic E-state index is -0.433. The van der Waals surface area contributed by atoms with E-state index in [0.29, 0.717) is 30.1 Å². The molecule has 0 saturated carbocycles. The van der Waals surface area contributed by atoms with E-state index in [1.807, 2.05) is 24.3 Å². The van der Waals surface area contributed by atoms with Gasteiger partial charge in [-0.25, -0.2) is 4.39 Å². The van der Waals surface area contributed by atoms with Gasteiger partial charge in [0.2, 0.25) is 17.6 Å². The van der Waals surface area contributed by atoms with Crippen LogP contribution in [0.4, 0.5) is 4.39 Å². The van der Waals surface area contributed by atoms with Crippen molar-refractivity contribution in [3.8, 4) is 17.1 Å². The zero-order valence-electron chi connectivity index (χ0n) is 15.1. The fraction of sp³-hybridized carbons (Fsp3) is 0.250. The molecule has 3 aromatic rings. The molecule has 0 radical (unpaired) electrons. The summed E-state index contributed by atoms with van der Waals surface area (Å²) in [6.45, 7) is 1.77. The van der Waals surface area contributed by atoms with Gasteiger partial charge in [0, 0.05) is 12.0 Å². The van der Waals surface area contributed by atoms with Crippen molar-refractivity contribution in [1.82, 2.24) is 15.5 Å². The fourth-order valence-corrected chi connectivity index (χ4v) is 2.66. The van der Waals surface area contributed by atoms with E-state index in [1.54, 1.807) is 26.2 Å². The number of hydrogen-bond donors (Lipinski definition) is 1. The molecule has 7 heteroatoms. The van der Waals surface area contributed by atoms with Crippen LogP contribution in [0, 0.1) is 5.82 Å². The molecular formula is C20H20FN3O3. The number of benzene rings is 2. The molecule has 0 spiro atoms. The summed E-state index contributed by atoms with van der Waals surface area (Å²) in [7, 11) is 1.61. The summed E-state index contributed by atoms with van der Waals surface area (Å²) in [4.78, 5) is 16.5. The second-order valence-electron chi connectivity index (χ2n) is 6.06. The zero-order valence-corrected chi connectivity index (χ0v) is 15.1. The van der Waals surface area contributed by atoms with Gasteiger partial charge in [0.1, 0.15) is 17.6 Å². The van der Waals surface area contributed by atoms with Crippen LogP contribution in [0.15, 0.2) is 53.1 Å². The maximum atomic E-state index is 13.0. The van der Waals surface area contributed by atoms with Crippen LogP contribution >= 0.6 is 0 Å². The molecule has 1 unspecified atom stereocenters. The van der Waals surface area contributed by atoms with Crippen molar-refractivity contribution < 1.29 is 18.4 Å². The summed E-state index contributed by atoms with van der Waals surface area (Å²) < 4.78 is 23.5. The normalized spacial score (nSPS) is 11.8. The van der Waals surface area contributed by atoms with Crippen molar-refractivity contribution in [3.63, 3.8) is 0 Å².